The van der Waals surface area contributed by atoms with Crippen LogP contribution in [0.3, 0.4) is 0 Å². The van der Waals surface area contributed by atoms with Gasteiger partial charge in [-0.1, -0.05) is 35.9 Å². The molecule has 0 aliphatic rings. The van der Waals surface area contributed by atoms with Crippen molar-refractivity contribution >= 4 is 0 Å². The van der Waals surface area contributed by atoms with Gasteiger partial charge in [0.2, 0.25) is 0 Å². The lowest BCUT2D eigenvalue weighted by atomic mass is 9.98. The monoisotopic (exact) mass is 290 g/mol. The highest BCUT2D eigenvalue weighted by atomic mass is 16.5. The molecule has 0 aliphatic heterocycles. The Kier molecular flexibility index (Phi) is 3.88. The zero-order valence-electron chi connectivity index (χ0n) is 13.0. The van der Waals surface area contributed by atoms with Gasteiger partial charge in [0.1, 0.15) is 5.75 Å². The summed E-state index contributed by atoms with van der Waals surface area (Å²) in [6, 6.07) is 14.8. The lowest BCUT2D eigenvalue weighted by Gasteiger charge is -2.14. The summed E-state index contributed by atoms with van der Waals surface area (Å²) >= 11 is 0. The maximum atomic E-state index is 5.97. The predicted molar refractivity (Wildman–Crippen MR) is 88.2 cm³/mol. The summed E-state index contributed by atoms with van der Waals surface area (Å²) in [5.74, 6) is 0.808. The lowest BCUT2D eigenvalue weighted by molar-refractivity contribution is 0.440. The molecule has 3 aromatic rings. The van der Waals surface area contributed by atoms with E-state index in [1.54, 1.807) is 18.5 Å². The minimum Gasteiger partial charge on any atom is -0.423 e. The summed E-state index contributed by atoms with van der Waals surface area (Å²) < 4.78 is 5.97. The molecule has 1 aromatic heterocycles. The van der Waals surface area contributed by atoms with Crippen LogP contribution in [0.25, 0.3) is 11.1 Å². The highest BCUT2D eigenvalue weighted by Gasteiger charge is 2.13. The van der Waals surface area contributed by atoms with Crippen LogP contribution in [0.1, 0.15) is 16.7 Å². The van der Waals surface area contributed by atoms with E-state index >= 15 is 0 Å². The first-order valence-corrected chi connectivity index (χ1v) is 7.26. The summed E-state index contributed by atoms with van der Waals surface area (Å²) in [5, 5.41) is 0. The van der Waals surface area contributed by atoms with Gasteiger partial charge < -0.3 is 4.74 Å². The smallest absolute Gasteiger partial charge is 0.321 e. The minimum atomic E-state index is 0.364. The molecule has 0 bridgehead atoms. The van der Waals surface area contributed by atoms with E-state index in [4.69, 9.17) is 4.74 Å². The number of ether oxygens (including phenoxy) is 1. The lowest BCUT2D eigenvalue weighted by Crippen LogP contribution is -1.96. The average Bonchev–Trinajstić information content (AvgIpc) is 2.51. The third-order valence-corrected chi connectivity index (χ3v) is 3.48. The van der Waals surface area contributed by atoms with Gasteiger partial charge in [-0.25, -0.2) is 9.97 Å². The fraction of sp³-hybridized carbons (Fsp3) is 0.158. The molecule has 22 heavy (non-hydrogen) atoms. The van der Waals surface area contributed by atoms with Crippen LogP contribution in [0.15, 0.2) is 54.9 Å². The topological polar surface area (TPSA) is 35.0 Å². The fourth-order valence-corrected chi connectivity index (χ4v) is 2.55. The molecule has 0 fully saturated rings. The standard InChI is InChI=1S/C19H18N2O/c1-13-6-4-7-16(11-13)17-12-14(2)10-15(3)18(17)22-19-20-8-5-9-21-19/h4-12H,1-3H3. The molecule has 0 atom stereocenters. The maximum absolute atomic E-state index is 5.97. The van der Waals surface area contributed by atoms with E-state index in [2.05, 4.69) is 60.2 Å². The van der Waals surface area contributed by atoms with Crippen LogP contribution in [0.4, 0.5) is 0 Å². The van der Waals surface area contributed by atoms with E-state index in [0.29, 0.717) is 6.01 Å². The number of rotatable bonds is 3. The summed E-state index contributed by atoms with van der Waals surface area (Å²) in [6.45, 7) is 6.23. The quantitative estimate of drug-likeness (QED) is 0.691. The molecule has 0 saturated carbocycles. The summed E-state index contributed by atoms with van der Waals surface area (Å²) in [5.41, 5.74) is 5.70. The van der Waals surface area contributed by atoms with Crippen LogP contribution < -0.4 is 4.74 Å². The molecular weight excluding hydrogens is 272 g/mol. The molecule has 110 valence electrons. The van der Waals surface area contributed by atoms with E-state index in [1.807, 2.05) is 6.92 Å². The molecular formula is C19H18N2O. The van der Waals surface area contributed by atoms with E-state index in [9.17, 15) is 0 Å². The Morgan fingerprint density at radius 2 is 1.59 bits per heavy atom. The molecule has 0 aliphatic carbocycles. The SMILES string of the molecule is Cc1cccc(-c2cc(C)cc(C)c2Oc2ncccn2)c1. The van der Waals surface area contributed by atoms with Gasteiger partial charge in [0, 0.05) is 18.0 Å². The van der Waals surface area contributed by atoms with Crippen molar-refractivity contribution in [2.24, 2.45) is 0 Å². The molecule has 0 unspecified atom stereocenters. The highest BCUT2D eigenvalue weighted by Crippen LogP contribution is 2.36. The molecule has 0 N–H and O–H groups in total. The van der Waals surface area contributed by atoms with Gasteiger partial charge in [0.25, 0.3) is 0 Å². The van der Waals surface area contributed by atoms with Gasteiger partial charge >= 0.3 is 6.01 Å². The molecule has 3 heteroatoms. The van der Waals surface area contributed by atoms with Crippen LogP contribution in [0.5, 0.6) is 11.8 Å². The number of hydrogen-bond donors (Lipinski definition) is 0. The van der Waals surface area contributed by atoms with E-state index in [-0.39, 0.29) is 0 Å². The number of aromatic nitrogens is 2. The van der Waals surface area contributed by atoms with Gasteiger partial charge in [-0.2, -0.15) is 0 Å². The molecule has 0 spiro atoms. The summed E-state index contributed by atoms with van der Waals surface area (Å²) in [4.78, 5) is 8.31. The Morgan fingerprint density at radius 3 is 2.32 bits per heavy atom. The normalized spacial score (nSPS) is 10.5. The predicted octanol–water partition coefficient (Wildman–Crippen LogP) is 4.86. The second kappa shape index (κ2) is 5.98. The van der Waals surface area contributed by atoms with E-state index < -0.39 is 0 Å². The second-order valence-corrected chi connectivity index (χ2v) is 5.46. The average molecular weight is 290 g/mol. The number of aryl methyl sites for hydroxylation is 3. The Hall–Kier alpha value is -2.68. The number of nitrogens with zero attached hydrogens (tertiary/aromatic N) is 2. The Labute approximate surface area is 130 Å². The van der Waals surface area contributed by atoms with Crippen LogP contribution in [0, 0.1) is 20.8 Å². The van der Waals surface area contributed by atoms with Crippen molar-refractivity contribution in [2.75, 3.05) is 0 Å². The summed E-state index contributed by atoms with van der Waals surface area (Å²) in [7, 11) is 0. The van der Waals surface area contributed by atoms with Crippen LogP contribution >= 0.6 is 0 Å². The molecule has 0 radical (unpaired) electrons. The molecule has 3 nitrogen and oxygen atoms in total. The van der Waals surface area contributed by atoms with Crippen molar-refractivity contribution in [1.82, 2.24) is 9.97 Å². The summed E-state index contributed by atoms with van der Waals surface area (Å²) in [6.07, 6.45) is 3.36. The molecule has 0 amide bonds. The van der Waals surface area contributed by atoms with Gasteiger partial charge in [-0.3, -0.25) is 0 Å². The molecule has 1 heterocycles. The Morgan fingerprint density at radius 1 is 0.818 bits per heavy atom. The zero-order valence-corrected chi connectivity index (χ0v) is 13.0. The highest BCUT2D eigenvalue weighted by molar-refractivity contribution is 5.73. The first kappa shape index (κ1) is 14.3. The largest absolute Gasteiger partial charge is 0.423 e. The fourth-order valence-electron chi connectivity index (χ4n) is 2.55. The first-order valence-electron chi connectivity index (χ1n) is 7.26. The van der Waals surface area contributed by atoms with Crippen LogP contribution in [-0.4, -0.2) is 9.97 Å². The Bertz CT molecular complexity index is 798. The van der Waals surface area contributed by atoms with Crippen molar-refractivity contribution in [3.05, 3.63) is 71.5 Å². The van der Waals surface area contributed by atoms with E-state index in [0.717, 1.165) is 22.4 Å². The van der Waals surface area contributed by atoms with Crippen molar-refractivity contribution in [3.63, 3.8) is 0 Å². The number of benzene rings is 2. The molecule has 2 aromatic carbocycles. The van der Waals surface area contributed by atoms with Gasteiger partial charge in [0.15, 0.2) is 0 Å². The molecule has 3 rings (SSSR count). The van der Waals surface area contributed by atoms with Crippen molar-refractivity contribution in [2.45, 2.75) is 20.8 Å². The minimum absolute atomic E-state index is 0.364. The third kappa shape index (κ3) is 2.98. The van der Waals surface area contributed by atoms with E-state index in [1.165, 1.54) is 11.1 Å². The van der Waals surface area contributed by atoms with Crippen molar-refractivity contribution in [3.8, 4) is 22.9 Å². The maximum Gasteiger partial charge on any atom is 0.321 e. The van der Waals surface area contributed by atoms with Crippen molar-refractivity contribution in [1.29, 1.82) is 0 Å². The Balaban J connectivity index is 2.12. The van der Waals surface area contributed by atoms with Gasteiger partial charge in [-0.05, 0) is 49.6 Å². The van der Waals surface area contributed by atoms with Gasteiger partial charge in [-0.15, -0.1) is 0 Å². The zero-order chi connectivity index (χ0) is 15.5. The van der Waals surface area contributed by atoms with Crippen LogP contribution in [-0.2, 0) is 0 Å². The second-order valence-electron chi connectivity index (χ2n) is 5.46. The molecule has 0 saturated heterocycles. The number of hydrogen-bond acceptors (Lipinski definition) is 3. The third-order valence-electron chi connectivity index (χ3n) is 3.48. The first-order chi connectivity index (χ1) is 10.6. The van der Waals surface area contributed by atoms with Crippen molar-refractivity contribution < 1.29 is 4.74 Å². The van der Waals surface area contributed by atoms with Gasteiger partial charge in [0.05, 0.1) is 0 Å². The van der Waals surface area contributed by atoms with Crippen LogP contribution in [0.2, 0.25) is 0 Å².